The molecule has 0 aliphatic carbocycles. The van der Waals surface area contributed by atoms with Gasteiger partial charge in [-0.1, -0.05) is 0 Å². The molecule has 2 heterocycles. The van der Waals surface area contributed by atoms with Crippen LogP contribution in [0, 0.1) is 6.92 Å². The van der Waals surface area contributed by atoms with Crippen molar-refractivity contribution in [2.24, 2.45) is 0 Å². The molecule has 0 radical (unpaired) electrons. The smallest absolute Gasteiger partial charge is 0.137 e. The second kappa shape index (κ2) is 3.29. The predicted molar refractivity (Wildman–Crippen MR) is 57.4 cm³/mol. The first-order chi connectivity index (χ1) is 6.68. The van der Waals surface area contributed by atoms with Gasteiger partial charge in [-0.25, -0.2) is 4.98 Å². The van der Waals surface area contributed by atoms with Crippen LogP contribution in [0.5, 0.6) is 0 Å². The number of pyridine rings is 1. The average molecular weight is 190 g/mol. The Morgan fingerprint density at radius 1 is 1.43 bits per heavy atom. The Balaban J connectivity index is 2.57. The zero-order chi connectivity index (χ0) is 10.1. The summed E-state index contributed by atoms with van der Waals surface area (Å²) in [6, 6.07) is 2.31. The van der Waals surface area contributed by atoms with E-state index in [0.717, 1.165) is 22.4 Å². The Morgan fingerprint density at radius 2 is 2.21 bits per heavy atom. The Labute approximate surface area is 82.7 Å². The number of aryl methyl sites for hydroxylation is 1. The summed E-state index contributed by atoms with van der Waals surface area (Å²) < 4.78 is 0. The van der Waals surface area contributed by atoms with Gasteiger partial charge >= 0.3 is 0 Å². The van der Waals surface area contributed by atoms with E-state index in [1.54, 1.807) is 6.20 Å². The highest BCUT2D eigenvalue weighted by molar-refractivity contribution is 5.91. The molecular weight excluding hydrogens is 176 g/mol. The first-order valence-corrected chi connectivity index (χ1v) is 4.74. The van der Waals surface area contributed by atoms with Crippen LogP contribution < -0.4 is 5.32 Å². The number of nitrogens with one attached hydrogen (secondary N) is 2. The molecule has 4 heteroatoms. The quantitative estimate of drug-likeness (QED) is 0.762. The van der Waals surface area contributed by atoms with E-state index in [1.165, 1.54) is 0 Å². The number of hydrogen-bond donors (Lipinski definition) is 2. The van der Waals surface area contributed by atoms with E-state index in [-0.39, 0.29) is 0 Å². The first kappa shape index (κ1) is 8.99. The summed E-state index contributed by atoms with van der Waals surface area (Å²) in [6.45, 7) is 6.16. The molecule has 2 rings (SSSR count). The maximum atomic E-state index is 4.31. The van der Waals surface area contributed by atoms with Crippen molar-refractivity contribution < 1.29 is 0 Å². The van der Waals surface area contributed by atoms with E-state index in [9.17, 15) is 0 Å². The SMILES string of the molecule is Cc1n[nH]c2ccnc(NC(C)C)c12. The van der Waals surface area contributed by atoms with Crippen LogP contribution >= 0.6 is 0 Å². The lowest BCUT2D eigenvalue weighted by Gasteiger charge is -2.09. The third-order valence-electron chi connectivity index (χ3n) is 2.08. The fourth-order valence-corrected chi connectivity index (χ4v) is 1.50. The van der Waals surface area contributed by atoms with E-state index in [4.69, 9.17) is 0 Å². The van der Waals surface area contributed by atoms with Gasteiger partial charge in [-0.15, -0.1) is 0 Å². The van der Waals surface area contributed by atoms with E-state index in [2.05, 4.69) is 34.3 Å². The summed E-state index contributed by atoms with van der Waals surface area (Å²) >= 11 is 0. The van der Waals surface area contributed by atoms with Crippen LogP contribution in [0.4, 0.5) is 5.82 Å². The molecule has 0 saturated heterocycles. The monoisotopic (exact) mass is 190 g/mol. The molecule has 74 valence electrons. The highest BCUT2D eigenvalue weighted by atomic mass is 15.1. The van der Waals surface area contributed by atoms with Crippen LogP contribution in [0.3, 0.4) is 0 Å². The second-order valence-corrected chi connectivity index (χ2v) is 3.69. The summed E-state index contributed by atoms with van der Waals surface area (Å²) in [4.78, 5) is 4.31. The van der Waals surface area contributed by atoms with Gasteiger partial charge in [0.1, 0.15) is 5.82 Å². The summed E-state index contributed by atoms with van der Waals surface area (Å²) in [7, 11) is 0. The van der Waals surface area contributed by atoms with Crippen molar-refractivity contribution in [3.05, 3.63) is 18.0 Å². The molecule has 0 unspecified atom stereocenters. The third kappa shape index (κ3) is 1.43. The van der Waals surface area contributed by atoms with Gasteiger partial charge < -0.3 is 5.32 Å². The maximum absolute atomic E-state index is 4.31. The van der Waals surface area contributed by atoms with E-state index in [1.807, 2.05) is 13.0 Å². The molecule has 0 amide bonds. The average Bonchev–Trinajstić information content (AvgIpc) is 2.48. The van der Waals surface area contributed by atoms with Gasteiger partial charge in [0.05, 0.1) is 16.6 Å². The molecule has 0 saturated carbocycles. The minimum atomic E-state index is 0.377. The molecule has 0 atom stereocenters. The third-order valence-corrected chi connectivity index (χ3v) is 2.08. The number of nitrogens with zero attached hydrogens (tertiary/aromatic N) is 2. The molecule has 2 aromatic heterocycles. The zero-order valence-electron chi connectivity index (χ0n) is 8.63. The van der Waals surface area contributed by atoms with Crippen molar-refractivity contribution in [2.75, 3.05) is 5.32 Å². The van der Waals surface area contributed by atoms with Crippen molar-refractivity contribution in [2.45, 2.75) is 26.8 Å². The van der Waals surface area contributed by atoms with Crippen molar-refractivity contribution >= 4 is 16.7 Å². The number of rotatable bonds is 2. The normalized spacial score (nSPS) is 11.1. The number of aromatic nitrogens is 3. The van der Waals surface area contributed by atoms with Gasteiger partial charge in [-0.05, 0) is 26.8 Å². The molecule has 0 aromatic carbocycles. The number of anilines is 1. The Kier molecular flexibility index (Phi) is 2.11. The van der Waals surface area contributed by atoms with E-state index >= 15 is 0 Å². The fraction of sp³-hybridized carbons (Fsp3) is 0.400. The molecular formula is C10H14N4. The lowest BCUT2D eigenvalue weighted by Crippen LogP contribution is -2.11. The summed E-state index contributed by atoms with van der Waals surface area (Å²) in [5.74, 6) is 0.906. The number of H-pyrrole nitrogens is 1. The van der Waals surface area contributed by atoms with Gasteiger partial charge in [-0.3, -0.25) is 5.10 Å². The molecule has 0 bridgehead atoms. The second-order valence-electron chi connectivity index (χ2n) is 3.69. The van der Waals surface area contributed by atoms with Crippen LogP contribution in [-0.2, 0) is 0 Å². The van der Waals surface area contributed by atoms with Gasteiger partial charge in [0.25, 0.3) is 0 Å². The Morgan fingerprint density at radius 3 is 2.93 bits per heavy atom. The molecule has 0 aliphatic heterocycles. The van der Waals surface area contributed by atoms with Crippen molar-refractivity contribution in [3.63, 3.8) is 0 Å². The standard InChI is InChI=1S/C10H14N4/c1-6(2)12-10-9-7(3)13-14-8(9)4-5-11-10/h4-6H,1-3H3,(H,11,12)(H,13,14). The number of hydrogen-bond acceptors (Lipinski definition) is 3. The topological polar surface area (TPSA) is 53.6 Å². The first-order valence-electron chi connectivity index (χ1n) is 4.74. The largest absolute Gasteiger partial charge is 0.367 e. The van der Waals surface area contributed by atoms with Crippen LogP contribution in [-0.4, -0.2) is 21.2 Å². The van der Waals surface area contributed by atoms with Gasteiger partial charge in [0.2, 0.25) is 0 Å². The molecule has 4 nitrogen and oxygen atoms in total. The van der Waals surface area contributed by atoms with E-state index in [0.29, 0.717) is 6.04 Å². The van der Waals surface area contributed by atoms with Crippen LogP contribution in [0.2, 0.25) is 0 Å². The Bertz CT molecular complexity index is 444. The minimum Gasteiger partial charge on any atom is -0.367 e. The highest BCUT2D eigenvalue weighted by Gasteiger charge is 2.08. The highest BCUT2D eigenvalue weighted by Crippen LogP contribution is 2.22. The van der Waals surface area contributed by atoms with E-state index < -0.39 is 0 Å². The molecule has 14 heavy (non-hydrogen) atoms. The van der Waals surface area contributed by atoms with Gasteiger partial charge in [-0.2, -0.15) is 5.10 Å². The Hall–Kier alpha value is -1.58. The number of aromatic amines is 1. The predicted octanol–water partition coefficient (Wildman–Crippen LogP) is 2.09. The maximum Gasteiger partial charge on any atom is 0.137 e. The van der Waals surface area contributed by atoms with Crippen molar-refractivity contribution in [3.8, 4) is 0 Å². The van der Waals surface area contributed by atoms with Gasteiger partial charge in [0.15, 0.2) is 0 Å². The lowest BCUT2D eigenvalue weighted by molar-refractivity contribution is 0.892. The molecule has 0 spiro atoms. The van der Waals surface area contributed by atoms with Gasteiger partial charge in [0, 0.05) is 12.2 Å². The van der Waals surface area contributed by atoms with Crippen LogP contribution in [0.25, 0.3) is 10.9 Å². The summed E-state index contributed by atoms with van der Waals surface area (Å²) in [5, 5.41) is 11.5. The molecule has 0 fully saturated rings. The fourth-order valence-electron chi connectivity index (χ4n) is 1.50. The molecule has 2 aromatic rings. The van der Waals surface area contributed by atoms with Crippen molar-refractivity contribution in [1.82, 2.24) is 15.2 Å². The zero-order valence-corrected chi connectivity index (χ0v) is 8.63. The van der Waals surface area contributed by atoms with Crippen LogP contribution in [0.15, 0.2) is 12.3 Å². The summed E-state index contributed by atoms with van der Waals surface area (Å²) in [6.07, 6.45) is 1.78. The minimum absolute atomic E-state index is 0.377. The molecule has 2 N–H and O–H groups in total. The van der Waals surface area contributed by atoms with Crippen LogP contribution in [0.1, 0.15) is 19.5 Å². The number of fused-ring (bicyclic) bond motifs is 1. The molecule has 0 aliphatic rings. The lowest BCUT2D eigenvalue weighted by atomic mass is 10.2. The summed E-state index contributed by atoms with van der Waals surface area (Å²) in [5.41, 5.74) is 2.01. The van der Waals surface area contributed by atoms with Crippen molar-refractivity contribution in [1.29, 1.82) is 0 Å².